The van der Waals surface area contributed by atoms with E-state index in [1.54, 1.807) is 18.2 Å². The van der Waals surface area contributed by atoms with Crippen LogP contribution in [0.3, 0.4) is 0 Å². The molecule has 0 amide bonds. The largest absolute Gasteiger partial charge is 0.491 e. The van der Waals surface area contributed by atoms with Crippen LogP contribution in [0.2, 0.25) is 0 Å². The van der Waals surface area contributed by atoms with Gasteiger partial charge in [-0.2, -0.15) is 0 Å². The summed E-state index contributed by atoms with van der Waals surface area (Å²) in [6.07, 6.45) is 0.958. The minimum atomic E-state index is -0.972. The average molecular weight is 267 g/mol. The highest BCUT2D eigenvalue weighted by Crippen LogP contribution is 2.17. The highest BCUT2D eigenvalue weighted by atomic mass is 16.5. The fourth-order valence-corrected chi connectivity index (χ4v) is 1.57. The van der Waals surface area contributed by atoms with E-state index >= 15 is 0 Å². The number of ether oxygens (including phenoxy) is 2. The van der Waals surface area contributed by atoms with E-state index in [9.17, 15) is 4.79 Å². The molecule has 0 aromatic heterocycles. The lowest BCUT2D eigenvalue weighted by Gasteiger charge is -2.09. The molecule has 106 valence electrons. The van der Waals surface area contributed by atoms with Crippen LogP contribution in [0, 0.1) is 0 Å². The Morgan fingerprint density at radius 2 is 2.05 bits per heavy atom. The van der Waals surface area contributed by atoms with Crippen LogP contribution < -0.4 is 10.1 Å². The van der Waals surface area contributed by atoms with E-state index in [-0.39, 0.29) is 5.56 Å². The number of benzene rings is 1. The van der Waals surface area contributed by atoms with Crippen LogP contribution in [0.25, 0.3) is 0 Å². The second kappa shape index (κ2) is 9.35. The summed E-state index contributed by atoms with van der Waals surface area (Å²) in [7, 11) is 0. The quantitative estimate of drug-likeness (QED) is 0.632. The number of rotatable bonds is 10. The molecule has 0 aliphatic rings. The van der Waals surface area contributed by atoms with E-state index < -0.39 is 5.97 Å². The minimum Gasteiger partial charge on any atom is -0.491 e. The summed E-state index contributed by atoms with van der Waals surface area (Å²) < 4.78 is 10.7. The zero-order valence-corrected chi connectivity index (χ0v) is 11.2. The van der Waals surface area contributed by atoms with Crippen molar-refractivity contribution in [2.45, 2.75) is 13.3 Å². The van der Waals surface area contributed by atoms with Crippen LogP contribution in [0.1, 0.15) is 23.7 Å². The third-order valence-corrected chi connectivity index (χ3v) is 2.50. The summed E-state index contributed by atoms with van der Waals surface area (Å²) in [5, 5.41) is 12.2. The van der Waals surface area contributed by atoms with Crippen molar-refractivity contribution < 1.29 is 19.4 Å². The van der Waals surface area contributed by atoms with E-state index in [1.165, 1.54) is 6.07 Å². The maximum Gasteiger partial charge on any atom is 0.339 e. The summed E-state index contributed by atoms with van der Waals surface area (Å²) in [5.41, 5.74) is 0.193. The molecule has 0 heterocycles. The summed E-state index contributed by atoms with van der Waals surface area (Å²) >= 11 is 0. The molecule has 0 saturated heterocycles. The first-order valence-corrected chi connectivity index (χ1v) is 6.49. The van der Waals surface area contributed by atoms with Crippen molar-refractivity contribution >= 4 is 5.97 Å². The first-order chi connectivity index (χ1) is 9.25. The second-order valence-corrected chi connectivity index (χ2v) is 3.95. The SMILES string of the molecule is CCOCCCNCCOc1ccccc1C(=O)O. The molecular weight excluding hydrogens is 246 g/mol. The maximum absolute atomic E-state index is 10.9. The van der Waals surface area contributed by atoms with E-state index in [4.69, 9.17) is 14.6 Å². The number of carbonyl (C=O) groups is 1. The molecule has 0 atom stereocenters. The van der Waals surface area contributed by atoms with Gasteiger partial charge in [-0.25, -0.2) is 4.79 Å². The lowest BCUT2D eigenvalue weighted by Crippen LogP contribution is -2.23. The molecule has 0 fully saturated rings. The molecular formula is C14H21NO4. The van der Waals surface area contributed by atoms with E-state index in [0.717, 1.165) is 26.2 Å². The van der Waals surface area contributed by atoms with Crippen LogP contribution in [0.5, 0.6) is 5.75 Å². The third kappa shape index (κ3) is 6.22. The molecule has 19 heavy (non-hydrogen) atoms. The first-order valence-electron chi connectivity index (χ1n) is 6.49. The van der Waals surface area contributed by atoms with Crippen LogP contribution in [-0.2, 0) is 4.74 Å². The van der Waals surface area contributed by atoms with Crippen molar-refractivity contribution in [1.29, 1.82) is 0 Å². The maximum atomic E-state index is 10.9. The van der Waals surface area contributed by atoms with Gasteiger partial charge in [0.1, 0.15) is 17.9 Å². The van der Waals surface area contributed by atoms with Gasteiger partial charge >= 0.3 is 5.97 Å². The Morgan fingerprint density at radius 3 is 2.79 bits per heavy atom. The van der Waals surface area contributed by atoms with Gasteiger partial charge in [-0.15, -0.1) is 0 Å². The predicted octanol–water partition coefficient (Wildman–Crippen LogP) is 1.78. The van der Waals surface area contributed by atoms with Crippen molar-refractivity contribution in [2.75, 3.05) is 32.9 Å². The van der Waals surface area contributed by atoms with Gasteiger partial charge in [-0.3, -0.25) is 0 Å². The lowest BCUT2D eigenvalue weighted by molar-refractivity contribution is 0.0692. The van der Waals surface area contributed by atoms with E-state index in [2.05, 4.69) is 5.32 Å². The number of para-hydroxylation sites is 1. The summed E-state index contributed by atoms with van der Waals surface area (Å²) in [5.74, 6) is -0.564. The zero-order valence-electron chi connectivity index (χ0n) is 11.2. The number of hydrogen-bond donors (Lipinski definition) is 2. The molecule has 1 aromatic carbocycles. The van der Waals surface area contributed by atoms with Gasteiger partial charge in [0.05, 0.1) is 0 Å². The molecule has 1 rings (SSSR count). The van der Waals surface area contributed by atoms with Gasteiger partial charge in [-0.05, 0) is 32.0 Å². The van der Waals surface area contributed by atoms with Crippen molar-refractivity contribution in [3.05, 3.63) is 29.8 Å². The van der Waals surface area contributed by atoms with Crippen molar-refractivity contribution in [3.8, 4) is 5.75 Å². The lowest BCUT2D eigenvalue weighted by atomic mass is 10.2. The van der Waals surface area contributed by atoms with Crippen molar-refractivity contribution in [3.63, 3.8) is 0 Å². The molecule has 0 spiro atoms. The number of carboxylic acid groups (broad SMARTS) is 1. The van der Waals surface area contributed by atoms with Gasteiger partial charge in [0.25, 0.3) is 0 Å². The fourth-order valence-electron chi connectivity index (χ4n) is 1.57. The molecule has 0 aliphatic carbocycles. The van der Waals surface area contributed by atoms with Crippen LogP contribution in [0.15, 0.2) is 24.3 Å². The van der Waals surface area contributed by atoms with E-state index in [0.29, 0.717) is 18.9 Å². The molecule has 5 heteroatoms. The van der Waals surface area contributed by atoms with Crippen LogP contribution in [-0.4, -0.2) is 44.0 Å². The smallest absolute Gasteiger partial charge is 0.339 e. The predicted molar refractivity (Wildman–Crippen MR) is 72.9 cm³/mol. The fraction of sp³-hybridized carbons (Fsp3) is 0.500. The average Bonchev–Trinajstić information content (AvgIpc) is 2.42. The molecule has 0 bridgehead atoms. The third-order valence-electron chi connectivity index (χ3n) is 2.50. The summed E-state index contributed by atoms with van der Waals surface area (Å²) in [6.45, 7) is 5.46. The number of hydrogen-bond acceptors (Lipinski definition) is 4. The Balaban J connectivity index is 2.17. The van der Waals surface area contributed by atoms with Gasteiger partial charge < -0.3 is 19.9 Å². The molecule has 0 saturated carbocycles. The topological polar surface area (TPSA) is 67.8 Å². The standard InChI is InChI=1S/C14H21NO4/c1-2-18-10-5-8-15-9-11-19-13-7-4-3-6-12(13)14(16)17/h3-4,6-7,15H,2,5,8-11H2,1H3,(H,16,17). The molecule has 0 aliphatic heterocycles. The minimum absolute atomic E-state index is 0.193. The Labute approximate surface area is 113 Å². The van der Waals surface area contributed by atoms with Crippen molar-refractivity contribution in [1.82, 2.24) is 5.32 Å². The van der Waals surface area contributed by atoms with Gasteiger partial charge in [0.2, 0.25) is 0 Å². The molecule has 0 unspecified atom stereocenters. The summed E-state index contributed by atoms with van der Waals surface area (Å²) in [6, 6.07) is 6.64. The molecule has 0 radical (unpaired) electrons. The Morgan fingerprint density at radius 1 is 1.26 bits per heavy atom. The molecule has 2 N–H and O–H groups in total. The van der Waals surface area contributed by atoms with E-state index in [1.807, 2.05) is 6.92 Å². The van der Waals surface area contributed by atoms with Gasteiger partial charge in [-0.1, -0.05) is 12.1 Å². The van der Waals surface area contributed by atoms with Crippen molar-refractivity contribution in [2.24, 2.45) is 0 Å². The highest BCUT2D eigenvalue weighted by Gasteiger charge is 2.09. The van der Waals surface area contributed by atoms with Crippen LogP contribution >= 0.6 is 0 Å². The normalized spacial score (nSPS) is 10.4. The van der Waals surface area contributed by atoms with Gasteiger partial charge in [0, 0.05) is 19.8 Å². The molecule has 5 nitrogen and oxygen atoms in total. The Kier molecular flexibility index (Phi) is 7.62. The number of carboxylic acids is 1. The van der Waals surface area contributed by atoms with Crippen LogP contribution in [0.4, 0.5) is 0 Å². The number of aromatic carboxylic acids is 1. The number of nitrogens with one attached hydrogen (secondary N) is 1. The monoisotopic (exact) mass is 267 g/mol. The van der Waals surface area contributed by atoms with Gasteiger partial charge in [0.15, 0.2) is 0 Å². The summed E-state index contributed by atoms with van der Waals surface area (Å²) in [4.78, 5) is 10.9. The Hall–Kier alpha value is -1.59. The first kappa shape index (κ1) is 15.5. The second-order valence-electron chi connectivity index (χ2n) is 3.95. The zero-order chi connectivity index (χ0) is 13.9. The Bertz CT molecular complexity index is 381. The molecule has 1 aromatic rings. The highest BCUT2D eigenvalue weighted by molar-refractivity contribution is 5.90.